The molecule has 0 bridgehead atoms. The van der Waals surface area contributed by atoms with Crippen LogP contribution in [0, 0.1) is 10.1 Å². The normalized spacial score (nSPS) is 18.6. The molecule has 6 heteroatoms. The molecule has 20 heavy (non-hydrogen) atoms. The van der Waals surface area contributed by atoms with Crippen LogP contribution in [0.4, 0.5) is 11.4 Å². The Labute approximate surface area is 118 Å². The smallest absolute Gasteiger partial charge is 0.292 e. The molecule has 1 aliphatic heterocycles. The molecule has 110 valence electrons. The van der Waals surface area contributed by atoms with Crippen molar-refractivity contribution in [3.8, 4) is 0 Å². The molecule has 0 saturated carbocycles. The zero-order valence-electron chi connectivity index (χ0n) is 11.7. The van der Waals surface area contributed by atoms with E-state index in [0.717, 1.165) is 38.1 Å². The average molecular weight is 279 g/mol. The first-order valence-corrected chi connectivity index (χ1v) is 6.97. The van der Waals surface area contributed by atoms with E-state index in [2.05, 4.69) is 11.8 Å². The van der Waals surface area contributed by atoms with Gasteiger partial charge in [0.1, 0.15) is 5.69 Å². The highest BCUT2D eigenvalue weighted by Crippen LogP contribution is 2.26. The summed E-state index contributed by atoms with van der Waals surface area (Å²) in [5, 5.41) is 10.9. The molecule has 0 radical (unpaired) electrons. The first-order valence-electron chi connectivity index (χ1n) is 6.97. The minimum absolute atomic E-state index is 0.0179. The van der Waals surface area contributed by atoms with Crippen molar-refractivity contribution in [2.24, 2.45) is 0 Å². The van der Waals surface area contributed by atoms with Gasteiger partial charge < -0.3 is 10.5 Å². The first-order chi connectivity index (χ1) is 9.61. The van der Waals surface area contributed by atoms with Crippen LogP contribution in [0.2, 0.25) is 0 Å². The van der Waals surface area contributed by atoms with Crippen molar-refractivity contribution < 1.29 is 9.66 Å². The number of likely N-dealkylation sites (N-methyl/N-ethyl adjacent to an activating group) is 1. The summed E-state index contributed by atoms with van der Waals surface area (Å²) in [6.07, 6.45) is 2.47. The van der Waals surface area contributed by atoms with E-state index in [0.29, 0.717) is 6.54 Å². The van der Waals surface area contributed by atoms with Crippen LogP contribution in [0.15, 0.2) is 18.2 Å². The van der Waals surface area contributed by atoms with E-state index >= 15 is 0 Å². The standard InChI is InChI=1S/C14H21N3O3/c1-2-16(10-12-6-4-8-20-12)9-11-5-3-7-13(14(11)15)17(18)19/h3,5,7,12H,2,4,6,8-10,15H2,1H3. The van der Waals surface area contributed by atoms with Gasteiger partial charge in [-0.05, 0) is 24.9 Å². The van der Waals surface area contributed by atoms with Gasteiger partial charge in [-0.1, -0.05) is 19.1 Å². The minimum atomic E-state index is -0.435. The summed E-state index contributed by atoms with van der Waals surface area (Å²) in [4.78, 5) is 12.7. The van der Waals surface area contributed by atoms with Gasteiger partial charge in [-0.15, -0.1) is 0 Å². The summed E-state index contributed by atoms with van der Waals surface area (Å²) >= 11 is 0. The number of nitrogens with zero attached hydrogens (tertiary/aromatic N) is 2. The van der Waals surface area contributed by atoms with Gasteiger partial charge in [0, 0.05) is 25.8 Å². The van der Waals surface area contributed by atoms with Crippen LogP contribution in [-0.2, 0) is 11.3 Å². The van der Waals surface area contributed by atoms with Crippen LogP contribution >= 0.6 is 0 Å². The molecule has 1 aliphatic rings. The topological polar surface area (TPSA) is 81.6 Å². The molecule has 1 unspecified atom stereocenters. The van der Waals surface area contributed by atoms with Crippen LogP contribution in [0.5, 0.6) is 0 Å². The molecule has 0 aliphatic carbocycles. The van der Waals surface area contributed by atoms with Gasteiger partial charge in [-0.2, -0.15) is 0 Å². The molecule has 1 aromatic rings. The lowest BCUT2D eigenvalue weighted by atomic mass is 10.1. The molecule has 1 atom stereocenters. The lowest BCUT2D eigenvalue weighted by molar-refractivity contribution is -0.384. The van der Waals surface area contributed by atoms with Gasteiger partial charge in [-0.3, -0.25) is 15.0 Å². The molecule has 0 amide bonds. The van der Waals surface area contributed by atoms with Crippen LogP contribution in [0.1, 0.15) is 25.3 Å². The van der Waals surface area contributed by atoms with Crippen LogP contribution in [0.3, 0.4) is 0 Å². The second kappa shape index (κ2) is 6.67. The van der Waals surface area contributed by atoms with Crippen molar-refractivity contribution >= 4 is 11.4 Å². The molecule has 1 aromatic carbocycles. The fourth-order valence-electron chi connectivity index (χ4n) is 2.52. The van der Waals surface area contributed by atoms with Gasteiger partial charge in [0.15, 0.2) is 0 Å². The SMILES string of the molecule is CCN(Cc1cccc([N+](=O)[O-])c1N)CC1CCCO1. The number of nitrogen functional groups attached to an aromatic ring is 1. The number of nitrogens with two attached hydrogens (primary N) is 1. The van der Waals surface area contributed by atoms with E-state index < -0.39 is 4.92 Å². The Morgan fingerprint density at radius 3 is 2.95 bits per heavy atom. The minimum Gasteiger partial charge on any atom is -0.393 e. The maximum Gasteiger partial charge on any atom is 0.292 e. The van der Waals surface area contributed by atoms with Crippen molar-refractivity contribution in [3.63, 3.8) is 0 Å². The molecule has 1 heterocycles. The number of benzene rings is 1. The monoisotopic (exact) mass is 279 g/mol. The third-order valence-corrected chi connectivity index (χ3v) is 3.70. The number of anilines is 1. The van der Waals surface area contributed by atoms with Crippen molar-refractivity contribution in [2.45, 2.75) is 32.4 Å². The second-order valence-electron chi connectivity index (χ2n) is 5.07. The number of nitro groups is 1. The number of hydrogen-bond donors (Lipinski definition) is 1. The molecule has 2 rings (SSSR count). The molecular weight excluding hydrogens is 258 g/mol. The third-order valence-electron chi connectivity index (χ3n) is 3.70. The van der Waals surface area contributed by atoms with Crippen molar-refractivity contribution in [2.75, 3.05) is 25.4 Å². The summed E-state index contributed by atoms with van der Waals surface area (Å²) in [6.45, 7) is 5.23. The zero-order chi connectivity index (χ0) is 14.5. The average Bonchev–Trinajstić information content (AvgIpc) is 2.92. The molecule has 0 aromatic heterocycles. The number of ether oxygens (including phenoxy) is 1. The zero-order valence-corrected chi connectivity index (χ0v) is 11.7. The molecule has 1 saturated heterocycles. The van der Waals surface area contributed by atoms with Gasteiger partial charge in [0.05, 0.1) is 11.0 Å². The van der Waals surface area contributed by atoms with Gasteiger partial charge in [0.25, 0.3) is 5.69 Å². The fourth-order valence-corrected chi connectivity index (χ4v) is 2.52. The summed E-state index contributed by atoms with van der Waals surface area (Å²) in [7, 11) is 0. The van der Waals surface area contributed by atoms with Crippen LogP contribution in [-0.4, -0.2) is 35.6 Å². The van der Waals surface area contributed by atoms with Crippen molar-refractivity contribution in [1.82, 2.24) is 4.90 Å². The van der Waals surface area contributed by atoms with E-state index in [1.165, 1.54) is 6.07 Å². The van der Waals surface area contributed by atoms with Crippen LogP contribution in [0.25, 0.3) is 0 Å². The Kier molecular flexibility index (Phi) is 4.92. The quantitative estimate of drug-likeness (QED) is 0.490. The molecular formula is C14H21N3O3. The Morgan fingerprint density at radius 2 is 2.35 bits per heavy atom. The molecule has 1 fully saturated rings. The highest BCUT2D eigenvalue weighted by molar-refractivity contribution is 5.62. The Bertz CT molecular complexity index is 473. The summed E-state index contributed by atoms with van der Waals surface area (Å²) in [5.41, 5.74) is 6.95. The Morgan fingerprint density at radius 1 is 1.55 bits per heavy atom. The maximum absolute atomic E-state index is 10.9. The third kappa shape index (κ3) is 3.46. The molecule has 0 spiro atoms. The van der Waals surface area contributed by atoms with Crippen molar-refractivity contribution in [3.05, 3.63) is 33.9 Å². The van der Waals surface area contributed by atoms with E-state index in [1.54, 1.807) is 6.07 Å². The lowest BCUT2D eigenvalue weighted by Gasteiger charge is -2.24. The lowest BCUT2D eigenvalue weighted by Crippen LogP contribution is -2.31. The highest BCUT2D eigenvalue weighted by Gasteiger charge is 2.20. The summed E-state index contributed by atoms with van der Waals surface area (Å²) in [6, 6.07) is 4.97. The first kappa shape index (κ1) is 14.7. The number of hydrogen-bond acceptors (Lipinski definition) is 5. The van der Waals surface area contributed by atoms with Gasteiger partial charge >= 0.3 is 0 Å². The predicted octanol–water partition coefficient (Wildman–Crippen LogP) is 2.18. The van der Waals surface area contributed by atoms with Gasteiger partial charge in [-0.25, -0.2) is 0 Å². The van der Waals surface area contributed by atoms with E-state index in [-0.39, 0.29) is 17.5 Å². The fraction of sp³-hybridized carbons (Fsp3) is 0.571. The largest absolute Gasteiger partial charge is 0.393 e. The Hall–Kier alpha value is -1.66. The summed E-state index contributed by atoms with van der Waals surface area (Å²) < 4.78 is 5.63. The highest BCUT2D eigenvalue weighted by atomic mass is 16.6. The number of para-hydroxylation sites is 1. The summed E-state index contributed by atoms with van der Waals surface area (Å²) in [5.74, 6) is 0. The number of nitro benzene ring substituents is 1. The molecule has 2 N–H and O–H groups in total. The maximum atomic E-state index is 10.9. The number of rotatable bonds is 6. The van der Waals surface area contributed by atoms with E-state index in [9.17, 15) is 10.1 Å². The van der Waals surface area contributed by atoms with Crippen molar-refractivity contribution in [1.29, 1.82) is 0 Å². The van der Waals surface area contributed by atoms with E-state index in [1.807, 2.05) is 6.07 Å². The second-order valence-corrected chi connectivity index (χ2v) is 5.07. The van der Waals surface area contributed by atoms with E-state index in [4.69, 9.17) is 10.5 Å². The van der Waals surface area contributed by atoms with Gasteiger partial charge in [0.2, 0.25) is 0 Å². The van der Waals surface area contributed by atoms with Crippen LogP contribution < -0.4 is 5.73 Å². The predicted molar refractivity (Wildman–Crippen MR) is 77.4 cm³/mol. The molecule has 6 nitrogen and oxygen atoms in total. The Balaban J connectivity index is 2.06.